The van der Waals surface area contributed by atoms with Gasteiger partial charge in [0.15, 0.2) is 0 Å². The lowest BCUT2D eigenvalue weighted by molar-refractivity contribution is 0.573. The fourth-order valence-electron chi connectivity index (χ4n) is 8.47. The summed E-state index contributed by atoms with van der Waals surface area (Å²) >= 11 is 0. The zero-order valence-electron chi connectivity index (χ0n) is 32.1. The molecule has 1 aliphatic carbocycles. The highest BCUT2D eigenvalue weighted by molar-refractivity contribution is 6.19. The molecule has 0 aliphatic heterocycles. The van der Waals surface area contributed by atoms with Gasteiger partial charge in [0.05, 0.1) is 6.04 Å². The predicted octanol–water partition coefficient (Wildman–Crippen LogP) is 12.8. The molecule has 0 saturated heterocycles. The number of benzene rings is 7. The van der Waals surface area contributed by atoms with Crippen LogP contribution in [0.15, 0.2) is 197 Å². The van der Waals surface area contributed by atoms with Crippen LogP contribution in [-0.4, -0.2) is 6.04 Å². The maximum absolute atomic E-state index is 6.98. The predicted molar refractivity (Wildman–Crippen MR) is 242 cm³/mol. The molecular formula is C55H39NO2. The van der Waals surface area contributed by atoms with E-state index in [-0.39, 0.29) is 6.04 Å². The maximum Gasteiger partial charge on any atom is 0.144 e. The number of allylic oxidation sites excluding steroid dienone is 2. The first-order valence-corrected chi connectivity index (χ1v) is 19.7. The second-order valence-corrected chi connectivity index (χ2v) is 14.8. The van der Waals surface area contributed by atoms with Gasteiger partial charge in [0.2, 0.25) is 0 Å². The molecule has 1 aliphatic rings. The van der Waals surface area contributed by atoms with Crippen LogP contribution in [0.4, 0.5) is 11.4 Å². The van der Waals surface area contributed by atoms with E-state index in [1.807, 2.05) is 30.3 Å². The first-order chi connectivity index (χ1) is 28.6. The van der Waals surface area contributed by atoms with Gasteiger partial charge in [-0.25, -0.2) is 0 Å². The largest absolute Gasteiger partial charge is 0.456 e. The number of rotatable bonds is 7. The Morgan fingerprint density at radius 3 is 1.90 bits per heavy atom. The monoisotopic (exact) mass is 745 g/mol. The van der Waals surface area contributed by atoms with Crippen LogP contribution in [0.5, 0.6) is 0 Å². The third-order valence-corrected chi connectivity index (χ3v) is 11.3. The van der Waals surface area contributed by atoms with Crippen molar-refractivity contribution in [2.45, 2.75) is 19.4 Å². The Balaban J connectivity index is 1.09. The Morgan fingerprint density at radius 1 is 0.638 bits per heavy atom. The summed E-state index contributed by atoms with van der Waals surface area (Å²) < 4.78 is 13.4. The van der Waals surface area contributed by atoms with Crippen LogP contribution < -0.4 is 15.5 Å². The van der Waals surface area contributed by atoms with E-state index in [1.165, 1.54) is 22.3 Å². The van der Waals surface area contributed by atoms with E-state index in [0.717, 1.165) is 83.6 Å². The normalized spacial score (nSPS) is 14.8. The number of hydrogen-bond donors (Lipinski definition) is 0. The van der Waals surface area contributed by atoms with Crippen LogP contribution >= 0.6 is 0 Å². The first-order valence-electron chi connectivity index (χ1n) is 19.7. The van der Waals surface area contributed by atoms with Crippen molar-refractivity contribution in [1.29, 1.82) is 0 Å². The minimum absolute atomic E-state index is 0.129. The average Bonchev–Trinajstić information content (AvgIpc) is 3.85. The van der Waals surface area contributed by atoms with E-state index < -0.39 is 0 Å². The average molecular weight is 746 g/mol. The van der Waals surface area contributed by atoms with E-state index in [4.69, 9.17) is 15.3 Å². The Labute approximate surface area is 337 Å². The lowest BCUT2D eigenvalue weighted by Gasteiger charge is -2.33. The van der Waals surface area contributed by atoms with Crippen molar-refractivity contribution in [3.05, 3.63) is 210 Å². The zero-order valence-corrected chi connectivity index (χ0v) is 32.1. The first kappa shape index (κ1) is 34.9. The van der Waals surface area contributed by atoms with Gasteiger partial charge in [0.1, 0.15) is 22.2 Å². The molecule has 0 fully saturated rings. The van der Waals surface area contributed by atoms with E-state index in [0.29, 0.717) is 0 Å². The number of nitrogens with zero attached hydrogens (tertiary/aromatic N) is 1. The number of anilines is 2. The van der Waals surface area contributed by atoms with E-state index in [1.54, 1.807) is 0 Å². The molecule has 2 heterocycles. The summed E-state index contributed by atoms with van der Waals surface area (Å²) in [6, 6.07) is 59.6. The highest BCUT2D eigenvalue weighted by Crippen LogP contribution is 2.41. The molecule has 276 valence electrons. The zero-order chi connectivity index (χ0) is 39.0. The van der Waals surface area contributed by atoms with Gasteiger partial charge in [0, 0.05) is 38.3 Å². The van der Waals surface area contributed by atoms with Crippen molar-refractivity contribution >= 4 is 61.5 Å². The molecule has 58 heavy (non-hydrogen) atoms. The summed E-state index contributed by atoms with van der Waals surface area (Å²) in [5.41, 5.74) is 14.4. The van der Waals surface area contributed by atoms with Crippen LogP contribution in [0.2, 0.25) is 0 Å². The molecule has 10 rings (SSSR count). The van der Waals surface area contributed by atoms with Crippen molar-refractivity contribution in [2.24, 2.45) is 0 Å². The summed E-state index contributed by atoms with van der Waals surface area (Å²) in [5, 5.41) is 3.87. The Hall–Kier alpha value is -7.54. The SMILES string of the molecule is C#C/C=c1\c(=C(/C)c2ccc(N(c3ccc(-c4ccccc4)cc3)C3C=CC(c4ccccc4)=CC3)cc2)oc2c(-c3ccccc3)c3c(cc12)oc1ccccc13. The fourth-order valence-corrected chi connectivity index (χ4v) is 8.47. The fraction of sp³-hybridized carbons (Fsp3) is 0.0545. The highest BCUT2D eigenvalue weighted by Gasteiger charge is 2.23. The van der Waals surface area contributed by atoms with Crippen molar-refractivity contribution in [2.75, 3.05) is 4.90 Å². The summed E-state index contributed by atoms with van der Waals surface area (Å²) in [6.45, 7) is 2.11. The Morgan fingerprint density at radius 2 is 1.24 bits per heavy atom. The molecule has 0 spiro atoms. The van der Waals surface area contributed by atoms with Gasteiger partial charge in [-0.1, -0.05) is 158 Å². The third-order valence-electron chi connectivity index (χ3n) is 11.3. The topological polar surface area (TPSA) is 29.5 Å². The van der Waals surface area contributed by atoms with Gasteiger partial charge in [-0.3, -0.25) is 0 Å². The molecule has 7 aromatic carbocycles. The molecule has 9 aromatic rings. The van der Waals surface area contributed by atoms with Crippen molar-refractivity contribution in [3.63, 3.8) is 0 Å². The third kappa shape index (κ3) is 6.22. The second-order valence-electron chi connectivity index (χ2n) is 14.8. The van der Waals surface area contributed by atoms with Gasteiger partial charge in [-0.15, -0.1) is 6.42 Å². The molecule has 1 unspecified atom stereocenters. The molecule has 3 nitrogen and oxygen atoms in total. The molecule has 1 atom stereocenters. The summed E-state index contributed by atoms with van der Waals surface area (Å²) in [6.07, 6.45) is 15.6. The van der Waals surface area contributed by atoms with E-state index in [9.17, 15) is 0 Å². The van der Waals surface area contributed by atoms with Crippen LogP contribution in [-0.2, 0) is 0 Å². The Kier molecular flexibility index (Phi) is 8.94. The Bertz CT molecular complexity index is 3180. The van der Waals surface area contributed by atoms with Crippen molar-refractivity contribution in [3.8, 4) is 34.6 Å². The second kappa shape index (κ2) is 14.8. The van der Waals surface area contributed by atoms with Crippen molar-refractivity contribution in [1.82, 2.24) is 0 Å². The lowest BCUT2D eigenvalue weighted by atomic mass is 9.95. The molecule has 3 heteroatoms. The molecule has 0 bridgehead atoms. The number of para-hydroxylation sites is 1. The molecule has 0 radical (unpaired) electrons. The van der Waals surface area contributed by atoms with Gasteiger partial charge in [-0.2, -0.15) is 0 Å². The van der Waals surface area contributed by atoms with Gasteiger partial charge in [0.25, 0.3) is 0 Å². The van der Waals surface area contributed by atoms with Crippen LogP contribution in [0.3, 0.4) is 0 Å². The number of hydrogen-bond acceptors (Lipinski definition) is 3. The molecule has 0 N–H and O–H groups in total. The quantitative estimate of drug-likeness (QED) is 0.152. The lowest BCUT2D eigenvalue weighted by Crippen LogP contribution is -2.30. The molecule has 2 aromatic heterocycles. The van der Waals surface area contributed by atoms with E-state index >= 15 is 0 Å². The summed E-state index contributed by atoms with van der Waals surface area (Å²) in [5.74, 6) is 2.80. The smallest absolute Gasteiger partial charge is 0.144 e. The van der Waals surface area contributed by atoms with Crippen LogP contribution in [0, 0.1) is 12.3 Å². The maximum atomic E-state index is 6.98. The number of furan rings is 2. The van der Waals surface area contributed by atoms with Gasteiger partial charge >= 0.3 is 0 Å². The van der Waals surface area contributed by atoms with Crippen LogP contribution in [0.1, 0.15) is 24.5 Å². The minimum Gasteiger partial charge on any atom is -0.456 e. The van der Waals surface area contributed by atoms with Crippen molar-refractivity contribution < 1.29 is 8.83 Å². The molecule has 0 saturated carbocycles. The summed E-state index contributed by atoms with van der Waals surface area (Å²) in [4.78, 5) is 2.44. The summed E-state index contributed by atoms with van der Waals surface area (Å²) in [7, 11) is 0. The van der Waals surface area contributed by atoms with Gasteiger partial charge < -0.3 is 13.7 Å². The minimum atomic E-state index is 0.129. The van der Waals surface area contributed by atoms with E-state index in [2.05, 4.69) is 182 Å². The van der Waals surface area contributed by atoms with Gasteiger partial charge in [-0.05, 0) is 94.8 Å². The highest BCUT2D eigenvalue weighted by atomic mass is 16.3. The molecular weight excluding hydrogens is 707 g/mol. The van der Waals surface area contributed by atoms with Crippen LogP contribution in [0.25, 0.3) is 72.4 Å². The standard InChI is InChI=1S/C55H39NO2/c1-3-15-47-49-36-51-53(48-22-13-14-23-50(48)57-51)52(43-20-11-6-12-21-43)55(49)58-54(47)37(2)38-24-30-44(31-25-38)56(45-32-26-41(27-33-45)39-16-7-4-8-17-39)46-34-28-42(29-35-46)40-18-9-5-10-19-40/h1,4-34,36,46H,35H2,2H3/b47-15-,54-37-. The number of terminal acetylenes is 1. The molecule has 0 amide bonds. The number of fused-ring (bicyclic) bond motifs is 4.